The van der Waals surface area contributed by atoms with E-state index in [4.69, 9.17) is 5.26 Å². The largest absolute Gasteiger partial charge is 0.302 e. The summed E-state index contributed by atoms with van der Waals surface area (Å²) in [6.45, 7) is 4.13. The first-order valence-electron chi connectivity index (χ1n) is 6.84. The Morgan fingerprint density at radius 1 is 1.30 bits per heavy atom. The molecule has 0 radical (unpaired) electrons. The van der Waals surface area contributed by atoms with Gasteiger partial charge in [-0.2, -0.15) is 5.26 Å². The lowest BCUT2D eigenvalue weighted by Gasteiger charge is -2.00. The van der Waals surface area contributed by atoms with E-state index in [1.54, 1.807) is 17.6 Å². The highest BCUT2D eigenvalue weighted by Gasteiger charge is 2.12. The predicted molar refractivity (Wildman–Crippen MR) is 89.5 cm³/mol. The molecule has 0 unspecified atom stereocenters. The fourth-order valence-electron chi connectivity index (χ4n) is 1.62. The molecule has 2 aromatic rings. The molecule has 0 saturated carbocycles. The molecule has 120 valence electrons. The van der Waals surface area contributed by atoms with Gasteiger partial charge in [-0.25, -0.2) is 9.97 Å². The molecule has 7 nitrogen and oxygen atoms in total. The van der Waals surface area contributed by atoms with E-state index >= 15 is 0 Å². The monoisotopic (exact) mass is 349 g/mol. The fourth-order valence-corrected chi connectivity index (χ4v) is 3.18. The van der Waals surface area contributed by atoms with Crippen molar-refractivity contribution in [1.82, 2.24) is 9.97 Å². The Hall–Kier alpha value is -2.31. The van der Waals surface area contributed by atoms with Gasteiger partial charge in [-0.05, 0) is 5.92 Å². The summed E-state index contributed by atoms with van der Waals surface area (Å²) < 4.78 is 0. The average molecular weight is 349 g/mol. The van der Waals surface area contributed by atoms with Gasteiger partial charge in [0.05, 0.1) is 18.2 Å². The van der Waals surface area contributed by atoms with Crippen LogP contribution < -0.4 is 10.6 Å². The first kappa shape index (κ1) is 17.1. The van der Waals surface area contributed by atoms with Gasteiger partial charge in [0, 0.05) is 16.5 Å². The quantitative estimate of drug-likeness (QED) is 0.833. The molecule has 2 aromatic heterocycles. The van der Waals surface area contributed by atoms with Crippen LogP contribution in [0, 0.1) is 11.3 Å². The molecule has 0 aliphatic carbocycles. The van der Waals surface area contributed by atoms with Crippen molar-refractivity contribution in [3.63, 3.8) is 0 Å². The van der Waals surface area contributed by atoms with E-state index in [2.05, 4.69) is 34.4 Å². The predicted octanol–water partition coefficient (Wildman–Crippen LogP) is 2.76. The summed E-state index contributed by atoms with van der Waals surface area (Å²) in [7, 11) is 0. The van der Waals surface area contributed by atoms with E-state index in [0.717, 1.165) is 4.88 Å². The summed E-state index contributed by atoms with van der Waals surface area (Å²) in [5.74, 6) is -0.256. The third-order valence-corrected chi connectivity index (χ3v) is 4.74. The zero-order valence-corrected chi connectivity index (χ0v) is 14.3. The van der Waals surface area contributed by atoms with Crippen LogP contribution in [0.15, 0.2) is 11.6 Å². The SMILES string of the molecule is CC(C)c1cnc(NC(=O)Cc2csc(NC(=O)CC#N)n2)s1. The van der Waals surface area contributed by atoms with Gasteiger partial charge in [0.15, 0.2) is 10.3 Å². The summed E-state index contributed by atoms with van der Waals surface area (Å²) in [5, 5.41) is 16.3. The standard InChI is InChI=1S/C14H15N5O2S2/c1-8(2)10-6-16-13(23-10)19-12(21)5-9-7-22-14(17-9)18-11(20)3-4-15/h6-8H,3,5H2,1-2H3,(H,16,19,21)(H,17,18,20). The number of rotatable bonds is 6. The molecule has 2 N–H and O–H groups in total. The van der Waals surface area contributed by atoms with Crippen LogP contribution in [0.2, 0.25) is 0 Å². The van der Waals surface area contributed by atoms with Gasteiger partial charge in [-0.3, -0.25) is 9.59 Å². The molecule has 0 atom stereocenters. The summed E-state index contributed by atoms with van der Waals surface area (Å²) in [5.41, 5.74) is 0.556. The number of anilines is 2. The van der Waals surface area contributed by atoms with Gasteiger partial charge < -0.3 is 10.6 Å². The zero-order valence-electron chi connectivity index (χ0n) is 12.6. The van der Waals surface area contributed by atoms with Crippen molar-refractivity contribution in [3.8, 4) is 6.07 Å². The number of aromatic nitrogens is 2. The number of nitrogens with zero attached hydrogens (tertiary/aromatic N) is 3. The minimum Gasteiger partial charge on any atom is -0.302 e. The van der Waals surface area contributed by atoms with Crippen LogP contribution in [0.25, 0.3) is 0 Å². The molecule has 2 amide bonds. The molecular formula is C14H15N5O2S2. The van der Waals surface area contributed by atoms with Gasteiger partial charge in [-0.15, -0.1) is 22.7 Å². The Labute approximate surface area is 141 Å². The Balaban J connectivity index is 1.89. The van der Waals surface area contributed by atoms with Gasteiger partial charge >= 0.3 is 0 Å². The Morgan fingerprint density at radius 3 is 2.70 bits per heavy atom. The lowest BCUT2D eigenvalue weighted by atomic mass is 10.2. The zero-order chi connectivity index (χ0) is 16.8. The molecule has 2 rings (SSSR count). The highest BCUT2D eigenvalue weighted by molar-refractivity contribution is 7.15. The summed E-state index contributed by atoms with van der Waals surface area (Å²) in [6.07, 6.45) is 1.63. The van der Waals surface area contributed by atoms with Crippen LogP contribution >= 0.6 is 22.7 Å². The van der Waals surface area contributed by atoms with Gasteiger partial charge in [0.25, 0.3) is 0 Å². The summed E-state index contributed by atoms with van der Waals surface area (Å²) >= 11 is 2.67. The molecule has 0 aromatic carbocycles. The van der Waals surface area contributed by atoms with Crippen molar-refractivity contribution in [3.05, 3.63) is 22.1 Å². The van der Waals surface area contributed by atoms with Gasteiger partial charge in [0.2, 0.25) is 11.8 Å². The molecule has 0 aliphatic heterocycles. The highest BCUT2D eigenvalue weighted by Crippen LogP contribution is 2.25. The number of thiazole rings is 2. The van der Waals surface area contributed by atoms with E-state index in [9.17, 15) is 9.59 Å². The molecule has 0 saturated heterocycles. The van der Waals surface area contributed by atoms with Crippen molar-refractivity contribution < 1.29 is 9.59 Å². The Kier molecular flexibility index (Phi) is 5.78. The van der Waals surface area contributed by atoms with Crippen LogP contribution in [0.1, 0.15) is 36.8 Å². The van der Waals surface area contributed by atoms with E-state index in [1.165, 1.54) is 22.7 Å². The van der Waals surface area contributed by atoms with Crippen LogP contribution in [-0.4, -0.2) is 21.8 Å². The average Bonchev–Trinajstić information content (AvgIpc) is 3.09. The topological polar surface area (TPSA) is 108 Å². The first-order chi connectivity index (χ1) is 11.0. The number of hydrogen-bond acceptors (Lipinski definition) is 7. The van der Waals surface area contributed by atoms with Gasteiger partial charge in [0.1, 0.15) is 6.42 Å². The maximum atomic E-state index is 12.0. The smallest absolute Gasteiger partial charge is 0.240 e. The lowest BCUT2D eigenvalue weighted by molar-refractivity contribution is -0.116. The number of carbonyl (C=O) groups excluding carboxylic acids is 2. The van der Waals surface area contributed by atoms with Crippen LogP contribution in [-0.2, 0) is 16.0 Å². The number of nitrogens with one attached hydrogen (secondary N) is 2. The Morgan fingerprint density at radius 2 is 2.04 bits per heavy atom. The molecule has 0 bridgehead atoms. The second-order valence-corrected chi connectivity index (χ2v) is 6.89. The van der Waals surface area contributed by atoms with Crippen molar-refractivity contribution in [2.24, 2.45) is 0 Å². The van der Waals surface area contributed by atoms with Gasteiger partial charge in [-0.1, -0.05) is 13.8 Å². The second kappa shape index (κ2) is 7.80. The van der Waals surface area contributed by atoms with Crippen molar-refractivity contribution in [1.29, 1.82) is 5.26 Å². The minimum atomic E-state index is -0.415. The van der Waals surface area contributed by atoms with Crippen LogP contribution in [0.4, 0.5) is 10.3 Å². The van der Waals surface area contributed by atoms with Crippen molar-refractivity contribution in [2.45, 2.75) is 32.6 Å². The number of carbonyl (C=O) groups is 2. The van der Waals surface area contributed by atoms with E-state index in [1.807, 2.05) is 0 Å². The van der Waals surface area contributed by atoms with Crippen molar-refractivity contribution >= 4 is 44.8 Å². The summed E-state index contributed by atoms with van der Waals surface area (Å²) in [6, 6.07) is 1.76. The Bertz CT molecular complexity index is 744. The normalized spacial score (nSPS) is 10.3. The second-order valence-electron chi connectivity index (χ2n) is 4.97. The molecular weight excluding hydrogens is 334 g/mol. The lowest BCUT2D eigenvalue weighted by Crippen LogP contribution is -2.14. The number of amides is 2. The third-order valence-electron chi connectivity index (χ3n) is 2.72. The third kappa shape index (κ3) is 5.12. The molecule has 2 heterocycles. The minimum absolute atomic E-state index is 0.0984. The van der Waals surface area contributed by atoms with Crippen LogP contribution in [0.3, 0.4) is 0 Å². The maximum Gasteiger partial charge on any atom is 0.240 e. The van der Waals surface area contributed by atoms with Crippen molar-refractivity contribution in [2.75, 3.05) is 10.6 Å². The highest BCUT2D eigenvalue weighted by atomic mass is 32.1. The van der Waals surface area contributed by atoms with E-state index in [-0.39, 0.29) is 18.7 Å². The van der Waals surface area contributed by atoms with E-state index < -0.39 is 5.91 Å². The first-order valence-corrected chi connectivity index (χ1v) is 8.54. The number of hydrogen-bond donors (Lipinski definition) is 2. The molecule has 0 spiro atoms. The van der Waals surface area contributed by atoms with Crippen LogP contribution in [0.5, 0.6) is 0 Å². The summed E-state index contributed by atoms with van der Waals surface area (Å²) in [4.78, 5) is 32.7. The fraction of sp³-hybridized carbons (Fsp3) is 0.357. The molecule has 0 fully saturated rings. The molecule has 0 aliphatic rings. The van der Waals surface area contributed by atoms with E-state index in [0.29, 0.717) is 21.9 Å². The maximum absolute atomic E-state index is 12.0. The number of nitriles is 1. The molecule has 9 heteroatoms. The molecule has 23 heavy (non-hydrogen) atoms.